The highest BCUT2D eigenvalue weighted by Gasteiger charge is 2.21. The van der Waals surface area contributed by atoms with Crippen LogP contribution in [0, 0.1) is 24.0 Å². The molecule has 0 aliphatic rings. The molecule has 2 N–H and O–H groups in total. The molecule has 27 heavy (non-hydrogen) atoms. The van der Waals surface area contributed by atoms with E-state index < -0.39 is 4.92 Å². The van der Waals surface area contributed by atoms with E-state index >= 15 is 0 Å². The van der Waals surface area contributed by atoms with Crippen LogP contribution in [0.2, 0.25) is 0 Å². The average Bonchev–Trinajstić information content (AvgIpc) is 2.88. The summed E-state index contributed by atoms with van der Waals surface area (Å²) in [7, 11) is 0. The van der Waals surface area contributed by atoms with Gasteiger partial charge in [0, 0.05) is 25.6 Å². The molecular formula is C18H23N5O4. The standard InChI is InChI=1S/C18H23N5O4/c1-12-18(23(26)27)13(2)22(21-12)11-9-17(25)19-10-8-15-4-6-16(7-5-15)20-14(3)24/h4-7H,8-11H2,1-3H3,(H,19,25)(H,20,24). The Labute approximate surface area is 156 Å². The van der Waals surface area contributed by atoms with Crippen LogP contribution in [-0.4, -0.2) is 33.1 Å². The van der Waals surface area contributed by atoms with Crippen LogP contribution >= 0.6 is 0 Å². The zero-order valence-electron chi connectivity index (χ0n) is 15.6. The summed E-state index contributed by atoms with van der Waals surface area (Å²) in [5.41, 5.74) is 2.57. The van der Waals surface area contributed by atoms with Crippen molar-refractivity contribution < 1.29 is 14.5 Å². The minimum Gasteiger partial charge on any atom is -0.356 e. The quantitative estimate of drug-likeness (QED) is 0.542. The molecule has 144 valence electrons. The lowest BCUT2D eigenvalue weighted by Crippen LogP contribution is -2.26. The second-order valence-electron chi connectivity index (χ2n) is 6.23. The summed E-state index contributed by atoms with van der Waals surface area (Å²) in [6, 6.07) is 7.42. The minimum absolute atomic E-state index is 0.00174. The van der Waals surface area contributed by atoms with Gasteiger partial charge in [-0.1, -0.05) is 12.1 Å². The van der Waals surface area contributed by atoms with E-state index in [1.165, 1.54) is 11.6 Å². The summed E-state index contributed by atoms with van der Waals surface area (Å²) in [5, 5.41) is 20.6. The molecule has 1 heterocycles. The van der Waals surface area contributed by atoms with Gasteiger partial charge in [-0.05, 0) is 38.0 Å². The monoisotopic (exact) mass is 373 g/mol. The third-order valence-corrected chi connectivity index (χ3v) is 4.09. The molecule has 0 fully saturated rings. The van der Waals surface area contributed by atoms with Crippen molar-refractivity contribution >= 4 is 23.2 Å². The summed E-state index contributed by atoms with van der Waals surface area (Å²) in [5.74, 6) is -0.261. The third-order valence-electron chi connectivity index (χ3n) is 4.09. The van der Waals surface area contributed by atoms with Gasteiger partial charge in [-0.15, -0.1) is 0 Å². The van der Waals surface area contributed by atoms with Gasteiger partial charge in [0.2, 0.25) is 11.8 Å². The maximum absolute atomic E-state index is 12.0. The van der Waals surface area contributed by atoms with Crippen molar-refractivity contribution in [3.05, 3.63) is 51.3 Å². The normalized spacial score (nSPS) is 10.5. The van der Waals surface area contributed by atoms with Gasteiger partial charge in [0.15, 0.2) is 0 Å². The largest absolute Gasteiger partial charge is 0.356 e. The summed E-state index contributed by atoms with van der Waals surface area (Å²) < 4.78 is 1.49. The van der Waals surface area contributed by atoms with E-state index in [-0.39, 0.29) is 30.5 Å². The predicted octanol–water partition coefficient (Wildman–Crippen LogP) is 2.12. The highest BCUT2D eigenvalue weighted by Crippen LogP contribution is 2.21. The van der Waals surface area contributed by atoms with Crippen LogP contribution in [0.5, 0.6) is 0 Å². The van der Waals surface area contributed by atoms with Gasteiger partial charge in [0.05, 0.1) is 11.5 Å². The lowest BCUT2D eigenvalue weighted by Gasteiger charge is -2.07. The van der Waals surface area contributed by atoms with Crippen LogP contribution in [0.25, 0.3) is 0 Å². The number of carbonyl (C=O) groups is 2. The Balaban J connectivity index is 1.78. The maximum atomic E-state index is 12.0. The van der Waals surface area contributed by atoms with Gasteiger partial charge in [-0.3, -0.25) is 24.4 Å². The number of amides is 2. The van der Waals surface area contributed by atoms with Crippen molar-refractivity contribution in [1.29, 1.82) is 0 Å². The van der Waals surface area contributed by atoms with E-state index in [4.69, 9.17) is 0 Å². The zero-order valence-corrected chi connectivity index (χ0v) is 15.6. The lowest BCUT2D eigenvalue weighted by atomic mass is 10.1. The van der Waals surface area contributed by atoms with Crippen LogP contribution in [0.1, 0.15) is 30.3 Å². The molecule has 1 aromatic heterocycles. The van der Waals surface area contributed by atoms with Gasteiger partial charge >= 0.3 is 5.69 Å². The number of nitrogens with one attached hydrogen (secondary N) is 2. The molecule has 0 radical (unpaired) electrons. The number of hydrogen-bond acceptors (Lipinski definition) is 5. The Morgan fingerprint density at radius 1 is 1.22 bits per heavy atom. The van der Waals surface area contributed by atoms with Crippen LogP contribution < -0.4 is 10.6 Å². The van der Waals surface area contributed by atoms with Gasteiger partial charge < -0.3 is 10.6 Å². The molecule has 0 unspecified atom stereocenters. The van der Waals surface area contributed by atoms with Crippen molar-refractivity contribution in [2.45, 2.75) is 40.2 Å². The number of rotatable bonds is 8. The molecule has 9 heteroatoms. The minimum atomic E-state index is -0.453. The van der Waals surface area contributed by atoms with E-state index in [1.807, 2.05) is 24.3 Å². The van der Waals surface area contributed by atoms with Gasteiger partial charge in [-0.25, -0.2) is 0 Å². The van der Waals surface area contributed by atoms with Crippen molar-refractivity contribution in [2.75, 3.05) is 11.9 Å². The number of hydrogen-bond donors (Lipinski definition) is 2. The Hall–Kier alpha value is -3.23. The molecular weight excluding hydrogens is 350 g/mol. The Morgan fingerprint density at radius 2 is 1.89 bits per heavy atom. The first-order chi connectivity index (χ1) is 12.8. The van der Waals surface area contributed by atoms with Gasteiger partial charge in [0.25, 0.3) is 0 Å². The number of aryl methyl sites for hydroxylation is 2. The van der Waals surface area contributed by atoms with Crippen molar-refractivity contribution in [2.24, 2.45) is 0 Å². The van der Waals surface area contributed by atoms with E-state index in [1.54, 1.807) is 13.8 Å². The van der Waals surface area contributed by atoms with Gasteiger partial charge in [0.1, 0.15) is 11.4 Å². The Morgan fingerprint density at radius 3 is 2.44 bits per heavy atom. The molecule has 0 spiro atoms. The predicted molar refractivity (Wildman–Crippen MR) is 100 cm³/mol. The van der Waals surface area contributed by atoms with E-state index in [0.29, 0.717) is 24.4 Å². The fourth-order valence-corrected chi connectivity index (χ4v) is 2.77. The van der Waals surface area contributed by atoms with Crippen LogP contribution in [-0.2, 0) is 22.6 Å². The Bertz CT molecular complexity index is 842. The fourth-order valence-electron chi connectivity index (χ4n) is 2.77. The molecule has 2 aromatic rings. The average molecular weight is 373 g/mol. The van der Waals surface area contributed by atoms with Crippen molar-refractivity contribution in [1.82, 2.24) is 15.1 Å². The second kappa shape index (κ2) is 8.93. The van der Waals surface area contributed by atoms with E-state index in [9.17, 15) is 19.7 Å². The topological polar surface area (TPSA) is 119 Å². The molecule has 2 rings (SSSR count). The first-order valence-electron chi connectivity index (χ1n) is 8.59. The summed E-state index contributed by atoms with van der Waals surface area (Å²) >= 11 is 0. The SMILES string of the molecule is CC(=O)Nc1ccc(CCNC(=O)CCn2nc(C)c([N+](=O)[O-])c2C)cc1. The van der Waals surface area contributed by atoms with E-state index in [0.717, 1.165) is 11.3 Å². The lowest BCUT2D eigenvalue weighted by molar-refractivity contribution is -0.386. The highest BCUT2D eigenvalue weighted by atomic mass is 16.6. The summed E-state index contributed by atoms with van der Waals surface area (Å²) in [6.07, 6.45) is 0.859. The number of aromatic nitrogens is 2. The highest BCUT2D eigenvalue weighted by molar-refractivity contribution is 5.88. The third kappa shape index (κ3) is 5.63. The van der Waals surface area contributed by atoms with Crippen LogP contribution in [0.3, 0.4) is 0 Å². The number of benzene rings is 1. The first kappa shape index (κ1) is 20.1. The van der Waals surface area contributed by atoms with Gasteiger partial charge in [-0.2, -0.15) is 5.10 Å². The summed E-state index contributed by atoms with van der Waals surface area (Å²) in [4.78, 5) is 33.5. The second-order valence-corrected chi connectivity index (χ2v) is 6.23. The molecule has 0 saturated carbocycles. The number of carbonyl (C=O) groups excluding carboxylic acids is 2. The Kier molecular flexibility index (Phi) is 6.64. The fraction of sp³-hybridized carbons (Fsp3) is 0.389. The van der Waals surface area contributed by atoms with E-state index in [2.05, 4.69) is 15.7 Å². The van der Waals surface area contributed by atoms with Crippen LogP contribution in [0.15, 0.2) is 24.3 Å². The van der Waals surface area contributed by atoms with Crippen molar-refractivity contribution in [3.63, 3.8) is 0 Å². The summed E-state index contributed by atoms with van der Waals surface area (Å²) in [6.45, 7) is 5.43. The molecule has 0 saturated heterocycles. The first-order valence-corrected chi connectivity index (χ1v) is 8.59. The molecule has 2 amide bonds. The number of nitrogens with zero attached hydrogens (tertiary/aromatic N) is 3. The number of anilines is 1. The number of nitro groups is 1. The smallest absolute Gasteiger partial charge is 0.312 e. The molecule has 1 aromatic carbocycles. The molecule has 0 aliphatic carbocycles. The van der Waals surface area contributed by atoms with Crippen molar-refractivity contribution in [3.8, 4) is 0 Å². The molecule has 9 nitrogen and oxygen atoms in total. The molecule has 0 atom stereocenters. The maximum Gasteiger partial charge on any atom is 0.312 e. The van der Waals surface area contributed by atoms with Crippen LogP contribution in [0.4, 0.5) is 11.4 Å². The molecule has 0 aliphatic heterocycles. The zero-order chi connectivity index (χ0) is 20.0. The molecule has 0 bridgehead atoms.